The van der Waals surface area contributed by atoms with Crippen molar-refractivity contribution in [3.05, 3.63) is 90.5 Å². The Morgan fingerprint density at radius 2 is 1.48 bits per heavy atom. The van der Waals surface area contributed by atoms with Crippen molar-refractivity contribution < 1.29 is 9.53 Å². The number of hydrogen-bond donors (Lipinski definition) is 0. The van der Waals surface area contributed by atoms with Crippen LogP contribution in [0.5, 0.6) is 5.75 Å². The van der Waals surface area contributed by atoms with Gasteiger partial charge in [-0.25, -0.2) is 0 Å². The summed E-state index contributed by atoms with van der Waals surface area (Å²) in [6.45, 7) is 3.51. The van der Waals surface area contributed by atoms with Crippen LogP contribution in [0.25, 0.3) is 0 Å². The second-order valence-corrected chi connectivity index (χ2v) is 7.30. The third kappa shape index (κ3) is 6.82. The van der Waals surface area contributed by atoms with E-state index in [1.165, 1.54) is 19.3 Å². The Labute approximate surface area is 185 Å². The predicted octanol–water partition coefficient (Wildman–Crippen LogP) is 6.70. The van der Waals surface area contributed by atoms with Gasteiger partial charge in [0.1, 0.15) is 12.4 Å². The lowest BCUT2D eigenvalue weighted by Crippen LogP contribution is -2.25. The number of amides is 1. The van der Waals surface area contributed by atoms with Gasteiger partial charge in [0.05, 0.1) is 0 Å². The van der Waals surface area contributed by atoms with E-state index in [9.17, 15) is 4.79 Å². The van der Waals surface area contributed by atoms with Crippen LogP contribution in [0.15, 0.2) is 89.9 Å². The maximum atomic E-state index is 13.2. The number of anilines is 2. The van der Waals surface area contributed by atoms with Crippen LogP contribution in [0.2, 0.25) is 0 Å². The fourth-order valence-electron chi connectivity index (χ4n) is 3.27. The second-order valence-electron chi connectivity index (χ2n) is 7.30. The molecule has 3 aromatic rings. The van der Waals surface area contributed by atoms with Crippen molar-refractivity contribution in [2.45, 2.75) is 32.6 Å². The Morgan fingerprint density at radius 1 is 0.839 bits per heavy atom. The topological polar surface area (TPSA) is 41.9 Å². The zero-order valence-corrected chi connectivity index (χ0v) is 18.1. The molecule has 0 aliphatic carbocycles. The van der Waals surface area contributed by atoms with Crippen molar-refractivity contribution in [2.75, 3.05) is 18.1 Å². The van der Waals surface area contributed by atoms with Gasteiger partial charge in [-0.2, -0.15) is 0 Å². The summed E-state index contributed by atoms with van der Waals surface area (Å²) in [5, 5.41) is 0. The third-order valence-corrected chi connectivity index (χ3v) is 4.93. The molecule has 31 heavy (non-hydrogen) atoms. The SMILES string of the molecule is CCCCCCN=CCOc1ccc(N(C(=O)c2ccccc2)c2ccccc2)cc1. The summed E-state index contributed by atoms with van der Waals surface area (Å²) < 4.78 is 5.77. The van der Waals surface area contributed by atoms with Crippen molar-refractivity contribution in [2.24, 2.45) is 4.99 Å². The molecule has 3 aromatic carbocycles. The number of benzene rings is 3. The van der Waals surface area contributed by atoms with Gasteiger partial charge in [0.15, 0.2) is 0 Å². The van der Waals surface area contributed by atoms with E-state index >= 15 is 0 Å². The van der Waals surface area contributed by atoms with Gasteiger partial charge in [0.25, 0.3) is 5.91 Å². The average molecular weight is 415 g/mol. The standard InChI is InChI=1S/C27H30N2O2/c1-2-3-4-11-20-28-21-22-31-26-18-16-25(17-19-26)29(24-14-9-6-10-15-24)27(30)23-12-7-5-8-13-23/h5-10,12-19,21H,2-4,11,20,22H2,1H3. The smallest absolute Gasteiger partial charge is 0.262 e. The summed E-state index contributed by atoms with van der Waals surface area (Å²) in [6.07, 6.45) is 6.70. The summed E-state index contributed by atoms with van der Waals surface area (Å²) in [7, 11) is 0. The number of para-hydroxylation sites is 1. The molecule has 0 aromatic heterocycles. The molecule has 0 saturated heterocycles. The molecule has 0 radical (unpaired) electrons. The molecule has 0 atom stereocenters. The Kier molecular flexibility index (Phi) is 8.87. The summed E-state index contributed by atoms with van der Waals surface area (Å²) in [4.78, 5) is 19.4. The minimum atomic E-state index is -0.0734. The van der Waals surface area contributed by atoms with Crippen LogP contribution < -0.4 is 9.64 Å². The second kappa shape index (κ2) is 12.3. The number of hydrogen-bond acceptors (Lipinski definition) is 3. The number of carbonyl (C=O) groups excluding carboxylic acids is 1. The molecule has 1 amide bonds. The number of aliphatic imine (C=N–C) groups is 1. The normalized spacial score (nSPS) is 10.9. The van der Waals surface area contributed by atoms with Crippen molar-refractivity contribution >= 4 is 23.5 Å². The largest absolute Gasteiger partial charge is 0.488 e. The Balaban J connectivity index is 1.66. The van der Waals surface area contributed by atoms with Crippen LogP contribution in [0.3, 0.4) is 0 Å². The molecule has 4 nitrogen and oxygen atoms in total. The molecule has 0 aliphatic heterocycles. The van der Waals surface area contributed by atoms with Crippen molar-refractivity contribution in [1.29, 1.82) is 0 Å². The summed E-state index contributed by atoms with van der Waals surface area (Å²) in [6, 6.07) is 26.6. The molecule has 0 N–H and O–H groups in total. The maximum Gasteiger partial charge on any atom is 0.262 e. The molecule has 0 heterocycles. The fourth-order valence-corrected chi connectivity index (χ4v) is 3.27. The Morgan fingerprint density at radius 3 is 2.16 bits per heavy atom. The highest BCUT2D eigenvalue weighted by Crippen LogP contribution is 2.29. The zero-order valence-electron chi connectivity index (χ0n) is 18.1. The first-order chi connectivity index (χ1) is 15.3. The number of carbonyl (C=O) groups is 1. The lowest BCUT2D eigenvalue weighted by atomic mass is 10.1. The van der Waals surface area contributed by atoms with Gasteiger partial charge < -0.3 is 4.74 Å². The average Bonchev–Trinajstić information content (AvgIpc) is 2.83. The minimum Gasteiger partial charge on any atom is -0.488 e. The van der Waals surface area contributed by atoms with E-state index < -0.39 is 0 Å². The van der Waals surface area contributed by atoms with Crippen LogP contribution in [0.4, 0.5) is 11.4 Å². The maximum absolute atomic E-state index is 13.2. The van der Waals surface area contributed by atoms with Gasteiger partial charge in [-0.1, -0.05) is 62.6 Å². The summed E-state index contributed by atoms with van der Waals surface area (Å²) in [5.74, 6) is 0.678. The van der Waals surface area contributed by atoms with Crippen LogP contribution in [0, 0.1) is 0 Å². The quantitative estimate of drug-likeness (QED) is 0.259. The van der Waals surface area contributed by atoms with E-state index in [-0.39, 0.29) is 5.91 Å². The molecule has 0 fully saturated rings. The molecule has 0 saturated carbocycles. The van der Waals surface area contributed by atoms with Gasteiger partial charge in [0, 0.05) is 29.7 Å². The van der Waals surface area contributed by atoms with Crippen molar-refractivity contribution in [3.8, 4) is 5.75 Å². The molecule has 0 aliphatic rings. The minimum absolute atomic E-state index is 0.0734. The number of ether oxygens (including phenoxy) is 1. The molecule has 0 unspecified atom stereocenters. The fraction of sp³-hybridized carbons (Fsp3) is 0.259. The van der Waals surface area contributed by atoms with E-state index in [1.807, 2.05) is 91.1 Å². The first-order valence-corrected chi connectivity index (χ1v) is 11.0. The van der Waals surface area contributed by atoms with Crippen LogP contribution in [0.1, 0.15) is 43.0 Å². The van der Waals surface area contributed by atoms with Crippen molar-refractivity contribution in [3.63, 3.8) is 0 Å². The number of nitrogens with zero attached hydrogens (tertiary/aromatic N) is 2. The first-order valence-electron chi connectivity index (χ1n) is 11.0. The Bertz CT molecular complexity index is 938. The van der Waals surface area contributed by atoms with Gasteiger partial charge >= 0.3 is 0 Å². The molecular formula is C27H30N2O2. The third-order valence-electron chi connectivity index (χ3n) is 4.93. The predicted molar refractivity (Wildman–Crippen MR) is 129 cm³/mol. The van der Waals surface area contributed by atoms with Gasteiger partial charge in [-0.15, -0.1) is 0 Å². The summed E-state index contributed by atoms with van der Waals surface area (Å²) in [5.41, 5.74) is 2.25. The van der Waals surface area contributed by atoms with Gasteiger partial charge in [-0.3, -0.25) is 14.7 Å². The zero-order chi connectivity index (χ0) is 21.7. The van der Waals surface area contributed by atoms with Crippen molar-refractivity contribution in [1.82, 2.24) is 0 Å². The molecule has 3 rings (SSSR count). The van der Waals surface area contributed by atoms with Crippen LogP contribution in [-0.4, -0.2) is 25.3 Å². The molecular weight excluding hydrogens is 384 g/mol. The number of unbranched alkanes of at least 4 members (excludes halogenated alkanes) is 3. The van der Waals surface area contributed by atoms with E-state index in [1.54, 1.807) is 4.90 Å². The Hall–Kier alpha value is -3.40. The van der Waals surface area contributed by atoms with E-state index in [0.29, 0.717) is 12.2 Å². The first kappa shape index (κ1) is 22.3. The summed E-state index contributed by atoms with van der Waals surface area (Å²) >= 11 is 0. The van der Waals surface area contributed by atoms with Gasteiger partial charge in [0.2, 0.25) is 0 Å². The molecule has 160 valence electrons. The lowest BCUT2D eigenvalue weighted by Gasteiger charge is -2.23. The highest BCUT2D eigenvalue weighted by molar-refractivity contribution is 6.10. The highest BCUT2D eigenvalue weighted by Gasteiger charge is 2.19. The highest BCUT2D eigenvalue weighted by atomic mass is 16.5. The van der Waals surface area contributed by atoms with E-state index in [2.05, 4.69) is 11.9 Å². The van der Waals surface area contributed by atoms with E-state index in [0.717, 1.165) is 30.1 Å². The molecule has 0 bridgehead atoms. The monoisotopic (exact) mass is 414 g/mol. The molecule has 0 spiro atoms. The molecule has 4 heteroatoms. The van der Waals surface area contributed by atoms with Crippen LogP contribution >= 0.6 is 0 Å². The number of rotatable bonds is 11. The van der Waals surface area contributed by atoms with E-state index in [4.69, 9.17) is 4.74 Å². The van der Waals surface area contributed by atoms with Gasteiger partial charge in [-0.05, 0) is 55.0 Å². The lowest BCUT2D eigenvalue weighted by molar-refractivity contribution is 0.0999. The van der Waals surface area contributed by atoms with Crippen LogP contribution in [-0.2, 0) is 0 Å².